The Bertz CT molecular complexity index is 259. The molecule has 10 nitrogen and oxygen atoms in total. The van der Waals surface area contributed by atoms with Crippen LogP contribution in [0.4, 0.5) is 0 Å². The quantitative estimate of drug-likeness (QED) is 0.437. The predicted octanol–water partition coefficient (Wildman–Crippen LogP) is -5.23. The Kier molecular flexibility index (Phi) is 3.64. The first-order valence-electron chi connectivity index (χ1n) is 2.24. The summed E-state index contributed by atoms with van der Waals surface area (Å²) in [4.78, 5) is 59.3. The van der Waals surface area contributed by atoms with Crippen LogP contribution >= 0.6 is 23.2 Å². The van der Waals surface area contributed by atoms with Crippen LogP contribution in [-0.4, -0.2) is 4.21 Å². The lowest BCUT2D eigenvalue weighted by atomic mass is 13.8. The minimum Gasteiger partial charge on any atom is -0.799 e. The zero-order valence-corrected chi connectivity index (χ0v) is 8.15. The standard InChI is InChI=1S/H6NO9P3/c2-11(3,4)1(12(5,6)7)13(8,9)10/h(H2,2,3,4)(H2,5,6,7)(H2,8,9,10)/p-6. The van der Waals surface area contributed by atoms with Crippen LogP contribution < -0.4 is 29.4 Å². The van der Waals surface area contributed by atoms with Gasteiger partial charge in [-0.2, -0.15) is 0 Å². The highest BCUT2D eigenvalue weighted by molar-refractivity contribution is 7.76. The van der Waals surface area contributed by atoms with Crippen LogP contribution in [0, 0.1) is 0 Å². The van der Waals surface area contributed by atoms with Gasteiger partial charge < -0.3 is 43.1 Å². The highest BCUT2D eigenvalue weighted by atomic mass is 31.3. The van der Waals surface area contributed by atoms with Crippen LogP contribution in [0.15, 0.2) is 0 Å². The van der Waals surface area contributed by atoms with Gasteiger partial charge in [-0.05, 0) is 0 Å². The van der Waals surface area contributed by atoms with Crippen molar-refractivity contribution < 1.29 is 43.1 Å². The van der Waals surface area contributed by atoms with Gasteiger partial charge in [0, 0.05) is 23.2 Å². The summed E-state index contributed by atoms with van der Waals surface area (Å²) in [6.07, 6.45) is 0. The van der Waals surface area contributed by atoms with Gasteiger partial charge in [0.25, 0.3) is 0 Å². The fraction of sp³-hybridized carbons (Fsp3) is 0. The molecule has 80 valence electrons. The summed E-state index contributed by atoms with van der Waals surface area (Å²) in [6.45, 7) is 0. The minimum atomic E-state index is -6.46. The van der Waals surface area contributed by atoms with Gasteiger partial charge in [-0.15, -0.1) is 0 Å². The Balaban J connectivity index is 5.42. The molecule has 13 heavy (non-hydrogen) atoms. The van der Waals surface area contributed by atoms with E-state index in [9.17, 15) is 43.1 Å². The molecule has 0 aliphatic heterocycles. The largest absolute Gasteiger partial charge is 0.799 e. The molecule has 0 aromatic rings. The molecule has 0 amide bonds. The SMILES string of the molecule is O=P([O-])([O-])N(P(=O)([O-])[O-])P(=O)([O-])[O-]. The normalized spacial score (nSPS) is 15.0. The van der Waals surface area contributed by atoms with Crippen LogP contribution in [0.5, 0.6) is 0 Å². The molecule has 0 saturated heterocycles. The molecular weight excluding hydrogens is 251 g/mol. The molecular formula is NO9P3-6. The fourth-order valence-electron chi connectivity index (χ4n) is 0.402. The summed E-state index contributed by atoms with van der Waals surface area (Å²) in [7, 11) is -19.4. The Hall–Kier alpha value is 0.410. The van der Waals surface area contributed by atoms with Gasteiger partial charge in [0.2, 0.25) is 0 Å². The Morgan fingerprint density at radius 2 is 0.769 bits per heavy atom. The first-order valence-corrected chi connectivity index (χ1v) is 6.73. The summed E-state index contributed by atoms with van der Waals surface area (Å²) >= 11 is 0. The zero-order valence-electron chi connectivity index (χ0n) is 5.46. The molecule has 0 fully saturated rings. The van der Waals surface area contributed by atoms with Crippen molar-refractivity contribution in [3.8, 4) is 0 Å². The molecule has 0 rings (SSSR count). The minimum absolute atomic E-state index is 2.10. The van der Waals surface area contributed by atoms with Crippen molar-refractivity contribution in [3.63, 3.8) is 0 Å². The van der Waals surface area contributed by atoms with Crippen LogP contribution in [-0.2, 0) is 13.7 Å². The molecule has 0 atom stereocenters. The molecule has 0 spiro atoms. The molecule has 0 unspecified atom stereocenters. The lowest BCUT2D eigenvalue weighted by Crippen LogP contribution is -2.41. The van der Waals surface area contributed by atoms with Crippen LogP contribution in [0.25, 0.3) is 0 Å². The van der Waals surface area contributed by atoms with Gasteiger partial charge in [0.1, 0.15) is 0 Å². The van der Waals surface area contributed by atoms with Crippen molar-refractivity contribution in [2.75, 3.05) is 0 Å². The molecule has 0 bridgehead atoms. The van der Waals surface area contributed by atoms with Crippen molar-refractivity contribution in [2.24, 2.45) is 0 Å². The Labute approximate surface area is 71.5 Å². The second kappa shape index (κ2) is 3.52. The second-order valence-electron chi connectivity index (χ2n) is 1.67. The van der Waals surface area contributed by atoms with E-state index in [-0.39, 0.29) is 0 Å². The summed E-state index contributed by atoms with van der Waals surface area (Å²) in [6, 6.07) is 0. The van der Waals surface area contributed by atoms with Gasteiger partial charge in [-0.1, -0.05) is 0 Å². The lowest BCUT2D eigenvalue weighted by Gasteiger charge is -2.59. The third kappa shape index (κ3) is 3.97. The molecule has 0 aliphatic rings. The maximum Gasteiger partial charge on any atom is 0.00901 e. The van der Waals surface area contributed by atoms with E-state index in [1.807, 2.05) is 0 Å². The average molecular weight is 251 g/mol. The van der Waals surface area contributed by atoms with Crippen molar-refractivity contribution in [3.05, 3.63) is 0 Å². The van der Waals surface area contributed by atoms with Crippen LogP contribution in [0.3, 0.4) is 0 Å². The third-order valence-electron chi connectivity index (χ3n) is 0.657. The van der Waals surface area contributed by atoms with E-state index in [0.717, 1.165) is 0 Å². The summed E-state index contributed by atoms with van der Waals surface area (Å²) in [5.41, 5.74) is 0. The lowest BCUT2D eigenvalue weighted by molar-refractivity contribution is -0.361. The van der Waals surface area contributed by atoms with Crippen molar-refractivity contribution >= 4 is 23.2 Å². The van der Waals surface area contributed by atoms with Crippen LogP contribution in [0.1, 0.15) is 0 Å². The van der Waals surface area contributed by atoms with Crippen molar-refractivity contribution in [2.45, 2.75) is 0 Å². The number of hydrogen-bond acceptors (Lipinski definition) is 9. The molecule has 0 aromatic heterocycles. The van der Waals surface area contributed by atoms with E-state index in [1.165, 1.54) is 0 Å². The highest BCUT2D eigenvalue weighted by Gasteiger charge is 2.16. The second-order valence-corrected chi connectivity index (χ2v) is 6.63. The maximum absolute atomic E-state index is 9.88. The first kappa shape index (κ1) is 13.4. The van der Waals surface area contributed by atoms with E-state index >= 15 is 0 Å². The van der Waals surface area contributed by atoms with Gasteiger partial charge in [-0.25, -0.2) is 4.21 Å². The number of hydrogen-bond donors (Lipinski definition) is 0. The smallest absolute Gasteiger partial charge is 0.00901 e. The van der Waals surface area contributed by atoms with E-state index in [0.29, 0.717) is 0 Å². The maximum atomic E-state index is 9.88. The number of rotatable bonds is 3. The fourth-order valence-corrected chi connectivity index (χ4v) is 3.62. The Morgan fingerprint density at radius 3 is 0.769 bits per heavy atom. The Morgan fingerprint density at radius 1 is 0.615 bits per heavy atom. The summed E-state index contributed by atoms with van der Waals surface area (Å²) in [5, 5.41) is 0. The van der Waals surface area contributed by atoms with Gasteiger partial charge in [-0.3, -0.25) is 0 Å². The molecule has 0 saturated carbocycles. The monoisotopic (exact) mass is 251 g/mol. The molecule has 0 heterocycles. The molecule has 0 radical (unpaired) electrons. The first-order chi connectivity index (χ1) is 5.37. The summed E-state index contributed by atoms with van der Waals surface area (Å²) < 4.78 is 27.5. The predicted molar refractivity (Wildman–Crippen MR) is 24.7 cm³/mol. The highest BCUT2D eigenvalue weighted by Crippen LogP contribution is 2.61. The molecule has 0 aliphatic carbocycles. The topological polar surface area (TPSA) is 193 Å². The van der Waals surface area contributed by atoms with E-state index in [2.05, 4.69) is 0 Å². The molecule has 0 N–H and O–H groups in total. The van der Waals surface area contributed by atoms with Gasteiger partial charge in [0.15, 0.2) is 0 Å². The van der Waals surface area contributed by atoms with E-state index in [4.69, 9.17) is 0 Å². The number of nitrogens with zero attached hydrogens (tertiary/aromatic N) is 1. The van der Waals surface area contributed by atoms with E-state index in [1.54, 1.807) is 0 Å². The van der Waals surface area contributed by atoms with Gasteiger partial charge in [0.05, 0.1) is 0 Å². The summed E-state index contributed by atoms with van der Waals surface area (Å²) in [5.74, 6) is 0. The zero-order chi connectivity index (χ0) is 11.1. The molecule has 13 heteroatoms. The third-order valence-corrected chi connectivity index (χ3v) is 5.92. The van der Waals surface area contributed by atoms with E-state index < -0.39 is 27.5 Å². The van der Waals surface area contributed by atoms with Gasteiger partial charge >= 0.3 is 0 Å². The molecule has 0 aromatic carbocycles. The van der Waals surface area contributed by atoms with Crippen molar-refractivity contribution in [1.82, 2.24) is 4.21 Å². The van der Waals surface area contributed by atoms with Crippen molar-refractivity contribution in [1.29, 1.82) is 0 Å². The average Bonchev–Trinajstić information content (AvgIpc) is 1.44. The van der Waals surface area contributed by atoms with Crippen LogP contribution in [0.2, 0.25) is 0 Å².